The van der Waals surface area contributed by atoms with Gasteiger partial charge in [-0.15, -0.1) is 11.3 Å². The number of nitrogens with zero attached hydrogens (tertiary/aromatic N) is 1. The molecule has 3 rings (SSSR count). The Balaban J connectivity index is 2.05. The average molecular weight is 328 g/mol. The normalized spacial score (nSPS) is 12.7. The number of fused-ring (bicyclic) bond motifs is 1. The van der Waals surface area contributed by atoms with E-state index in [1.54, 1.807) is 12.1 Å². The summed E-state index contributed by atoms with van der Waals surface area (Å²) in [6.45, 7) is 0.209. The van der Waals surface area contributed by atoms with Crippen LogP contribution in [0.2, 0.25) is 0 Å². The zero-order valence-electron chi connectivity index (χ0n) is 8.84. The number of carboxylic acids is 1. The number of aromatic nitrogens is 1. The number of hydrogen-bond acceptors (Lipinski definition) is 5. The molecule has 1 aliphatic heterocycles. The van der Waals surface area contributed by atoms with E-state index in [4.69, 9.17) is 14.6 Å². The van der Waals surface area contributed by atoms with E-state index in [1.165, 1.54) is 11.3 Å². The molecule has 0 fully saturated rings. The minimum Gasteiger partial charge on any atom is -0.476 e. The standard InChI is InChI=1S/C11H6BrNO4S/c12-9-8(11(14)15)13-10(18-9)5-1-2-6-7(3-5)17-4-16-6/h1-3H,4H2,(H,14,15). The maximum Gasteiger partial charge on any atom is 0.356 e. The van der Waals surface area contributed by atoms with Gasteiger partial charge >= 0.3 is 5.97 Å². The molecule has 92 valence electrons. The molecule has 1 aromatic carbocycles. The third-order valence-corrected chi connectivity index (χ3v) is 4.16. The number of aromatic carboxylic acids is 1. The fourth-order valence-corrected chi connectivity index (χ4v) is 3.09. The number of rotatable bonds is 2. The number of benzene rings is 1. The molecule has 0 spiro atoms. The molecule has 0 bridgehead atoms. The number of thiazole rings is 1. The van der Waals surface area contributed by atoms with Gasteiger partial charge in [0, 0.05) is 5.56 Å². The number of ether oxygens (including phenoxy) is 2. The second-order valence-electron chi connectivity index (χ2n) is 3.51. The minimum absolute atomic E-state index is 0.0210. The van der Waals surface area contributed by atoms with E-state index in [0.717, 1.165) is 5.56 Å². The highest BCUT2D eigenvalue weighted by Crippen LogP contribution is 2.38. The molecule has 7 heteroatoms. The Morgan fingerprint density at radius 1 is 1.39 bits per heavy atom. The summed E-state index contributed by atoms with van der Waals surface area (Å²) in [7, 11) is 0. The fourth-order valence-electron chi connectivity index (χ4n) is 1.59. The number of carbonyl (C=O) groups is 1. The third-order valence-electron chi connectivity index (χ3n) is 2.41. The first-order valence-electron chi connectivity index (χ1n) is 4.95. The lowest BCUT2D eigenvalue weighted by Crippen LogP contribution is -1.96. The van der Waals surface area contributed by atoms with Crippen LogP contribution >= 0.6 is 27.3 Å². The molecule has 0 saturated heterocycles. The maximum absolute atomic E-state index is 10.9. The molecular weight excluding hydrogens is 322 g/mol. The van der Waals surface area contributed by atoms with Crippen LogP contribution in [0.5, 0.6) is 11.5 Å². The summed E-state index contributed by atoms with van der Waals surface area (Å²) in [6, 6.07) is 5.40. The average Bonchev–Trinajstić information content (AvgIpc) is 2.93. The summed E-state index contributed by atoms with van der Waals surface area (Å²) < 4.78 is 11.0. The van der Waals surface area contributed by atoms with E-state index >= 15 is 0 Å². The van der Waals surface area contributed by atoms with Crippen molar-refractivity contribution >= 4 is 33.2 Å². The van der Waals surface area contributed by atoms with Crippen LogP contribution in [0.25, 0.3) is 10.6 Å². The Hall–Kier alpha value is -1.60. The molecule has 0 amide bonds. The Kier molecular flexibility index (Phi) is 2.71. The first-order valence-corrected chi connectivity index (χ1v) is 6.56. The van der Waals surface area contributed by atoms with Gasteiger partial charge in [0.1, 0.15) is 8.79 Å². The van der Waals surface area contributed by atoms with Gasteiger partial charge in [0.15, 0.2) is 17.2 Å². The van der Waals surface area contributed by atoms with E-state index in [1.807, 2.05) is 6.07 Å². The van der Waals surface area contributed by atoms with E-state index in [0.29, 0.717) is 20.3 Å². The highest BCUT2D eigenvalue weighted by Gasteiger charge is 2.19. The first-order chi connectivity index (χ1) is 8.65. The molecule has 0 radical (unpaired) electrons. The molecule has 18 heavy (non-hydrogen) atoms. The Labute approximate surface area is 114 Å². The molecule has 0 atom stereocenters. The van der Waals surface area contributed by atoms with Crippen LogP contribution in [0.3, 0.4) is 0 Å². The number of hydrogen-bond donors (Lipinski definition) is 1. The quantitative estimate of drug-likeness (QED) is 0.918. The molecule has 1 aromatic heterocycles. The smallest absolute Gasteiger partial charge is 0.356 e. The highest BCUT2D eigenvalue weighted by atomic mass is 79.9. The van der Waals surface area contributed by atoms with Gasteiger partial charge in [0.25, 0.3) is 0 Å². The lowest BCUT2D eigenvalue weighted by Gasteiger charge is -1.98. The van der Waals surface area contributed by atoms with E-state index in [9.17, 15) is 4.79 Å². The Morgan fingerprint density at radius 2 is 2.17 bits per heavy atom. The largest absolute Gasteiger partial charge is 0.476 e. The molecular formula is C11H6BrNO4S. The highest BCUT2D eigenvalue weighted by molar-refractivity contribution is 9.11. The SMILES string of the molecule is O=C(O)c1nc(-c2ccc3c(c2)OCO3)sc1Br. The summed E-state index contributed by atoms with van der Waals surface area (Å²) in [5.74, 6) is 0.286. The van der Waals surface area contributed by atoms with Crippen molar-refractivity contribution in [3.05, 3.63) is 27.7 Å². The minimum atomic E-state index is -1.05. The third kappa shape index (κ3) is 1.85. The predicted octanol–water partition coefficient (Wildman–Crippen LogP) is 3.00. The van der Waals surface area contributed by atoms with Crippen molar-refractivity contribution in [2.24, 2.45) is 0 Å². The van der Waals surface area contributed by atoms with Crippen molar-refractivity contribution < 1.29 is 19.4 Å². The topological polar surface area (TPSA) is 68.7 Å². The van der Waals surface area contributed by atoms with Gasteiger partial charge in [-0.3, -0.25) is 0 Å². The molecule has 0 aliphatic carbocycles. The van der Waals surface area contributed by atoms with Crippen molar-refractivity contribution in [2.75, 3.05) is 6.79 Å². The van der Waals surface area contributed by atoms with Crippen LogP contribution in [-0.2, 0) is 0 Å². The van der Waals surface area contributed by atoms with Gasteiger partial charge in [-0.2, -0.15) is 0 Å². The van der Waals surface area contributed by atoms with Crippen molar-refractivity contribution in [1.82, 2.24) is 4.98 Å². The zero-order chi connectivity index (χ0) is 12.7. The molecule has 0 saturated carbocycles. The predicted molar refractivity (Wildman–Crippen MR) is 68.3 cm³/mol. The van der Waals surface area contributed by atoms with Crippen molar-refractivity contribution in [3.63, 3.8) is 0 Å². The zero-order valence-corrected chi connectivity index (χ0v) is 11.2. The van der Waals surface area contributed by atoms with Crippen LogP contribution in [0.15, 0.2) is 22.0 Å². The van der Waals surface area contributed by atoms with Crippen LogP contribution < -0.4 is 9.47 Å². The van der Waals surface area contributed by atoms with Crippen LogP contribution in [0.4, 0.5) is 0 Å². The van der Waals surface area contributed by atoms with Crippen LogP contribution in [0.1, 0.15) is 10.5 Å². The second-order valence-corrected chi connectivity index (χ2v) is 5.83. The van der Waals surface area contributed by atoms with Gasteiger partial charge in [-0.1, -0.05) is 0 Å². The monoisotopic (exact) mass is 327 g/mol. The Bertz CT molecular complexity index is 640. The van der Waals surface area contributed by atoms with Crippen molar-refractivity contribution in [1.29, 1.82) is 0 Å². The van der Waals surface area contributed by atoms with Crippen molar-refractivity contribution in [2.45, 2.75) is 0 Å². The fraction of sp³-hybridized carbons (Fsp3) is 0.0909. The van der Waals surface area contributed by atoms with Crippen LogP contribution in [0, 0.1) is 0 Å². The van der Waals surface area contributed by atoms with Gasteiger partial charge in [0.05, 0.1) is 0 Å². The first kappa shape index (κ1) is 11.5. The number of carboxylic acid groups (broad SMARTS) is 1. The molecule has 2 aromatic rings. The molecule has 5 nitrogen and oxygen atoms in total. The van der Waals surface area contributed by atoms with E-state index in [-0.39, 0.29) is 12.5 Å². The van der Waals surface area contributed by atoms with Crippen LogP contribution in [-0.4, -0.2) is 22.9 Å². The summed E-state index contributed by atoms with van der Waals surface area (Å²) in [5, 5.41) is 9.57. The Morgan fingerprint density at radius 3 is 2.89 bits per heavy atom. The number of halogens is 1. The van der Waals surface area contributed by atoms with E-state index in [2.05, 4.69) is 20.9 Å². The second kappa shape index (κ2) is 4.25. The molecule has 1 aliphatic rings. The maximum atomic E-state index is 10.9. The van der Waals surface area contributed by atoms with Gasteiger partial charge in [-0.25, -0.2) is 9.78 Å². The molecule has 1 N–H and O–H groups in total. The van der Waals surface area contributed by atoms with E-state index < -0.39 is 5.97 Å². The lowest BCUT2D eigenvalue weighted by atomic mass is 10.2. The summed E-state index contributed by atoms with van der Waals surface area (Å²) in [4.78, 5) is 15.0. The van der Waals surface area contributed by atoms with Gasteiger partial charge in [0.2, 0.25) is 6.79 Å². The summed E-state index contributed by atoms with van der Waals surface area (Å²) in [6.07, 6.45) is 0. The molecule has 0 unspecified atom stereocenters. The lowest BCUT2D eigenvalue weighted by molar-refractivity contribution is 0.0690. The summed E-state index contributed by atoms with van der Waals surface area (Å²) >= 11 is 4.47. The molecule has 2 heterocycles. The van der Waals surface area contributed by atoms with Crippen molar-refractivity contribution in [3.8, 4) is 22.1 Å². The summed E-state index contributed by atoms with van der Waals surface area (Å²) in [5.41, 5.74) is 0.824. The van der Waals surface area contributed by atoms with Gasteiger partial charge < -0.3 is 14.6 Å². The van der Waals surface area contributed by atoms with Gasteiger partial charge in [-0.05, 0) is 34.1 Å².